The predicted molar refractivity (Wildman–Crippen MR) is 104 cm³/mol. The van der Waals surface area contributed by atoms with E-state index in [9.17, 15) is 8.42 Å². The van der Waals surface area contributed by atoms with Crippen molar-refractivity contribution in [3.05, 3.63) is 70.8 Å². The lowest BCUT2D eigenvalue weighted by Gasteiger charge is -2.09. The highest BCUT2D eigenvalue weighted by Crippen LogP contribution is 2.26. The Bertz CT molecular complexity index is 994. The van der Waals surface area contributed by atoms with Crippen molar-refractivity contribution in [1.82, 2.24) is 9.97 Å². The molecular formula is C18H16BrN3O3S. The number of hydrogen-bond acceptors (Lipinski definition) is 5. The number of sulfonamides is 1. The molecule has 0 aliphatic rings. The summed E-state index contributed by atoms with van der Waals surface area (Å²) < 4.78 is 31.4. The van der Waals surface area contributed by atoms with E-state index in [1.165, 1.54) is 0 Å². The molecule has 1 heterocycles. The molecule has 1 N–H and O–H groups in total. The average Bonchev–Trinajstić information content (AvgIpc) is 2.61. The predicted octanol–water partition coefficient (Wildman–Crippen LogP) is 3.86. The minimum Gasteiger partial charge on any atom is -0.472 e. The lowest BCUT2D eigenvalue weighted by molar-refractivity contribution is 0.291. The highest BCUT2D eigenvalue weighted by molar-refractivity contribution is 9.10. The first kappa shape index (κ1) is 18.3. The molecular weight excluding hydrogens is 418 g/mol. The van der Waals surface area contributed by atoms with Crippen LogP contribution in [0.15, 0.2) is 65.3 Å². The second-order valence-electron chi connectivity index (χ2n) is 5.57. The molecule has 0 aliphatic heterocycles. The summed E-state index contributed by atoms with van der Waals surface area (Å²) >= 11 is 3.39. The zero-order valence-electron chi connectivity index (χ0n) is 13.9. The van der Waals surface area contributed by atoms with Crippen molar-refractivity contribution in [2.24, 2.45) is 0 Å². The summed E-state index contributed by atoms with van der Waals surface area (Å²) in [6.45, 7) is 0.396. The van der Waals surface area contributed by atoms with Crippen molar-refractivity contribution in [3.63, 3.8) is 0 Å². The highest BCUT2D eigenvalue weighted by Gasteiger charge is 2.09. The fraction of sp³-hybridized carbons (Fsp3) is 0.111. The molecule has 0 fully saturated rings. The standard InChI is InChI=1S/C18H16BrN3O3S/c1-26(23,24)22-15-9-7-14(8-10-15)17-20-11-16(19)18(21-17)25-12-13-5-3-2-4-6-13/h2-11,22H,12H2,1H3. The highest BCUT2D eigenvalue weighted by atomic mass is 79.9. The van der Waals surface area contributed by atoms with Crippen molar-refractivity contribution in [1.29, 1.82) is 0 Å². The molecule has 0 aliphatic carbocycles. The number of benzene rings is 2. The maximum atomic E-state index is 11.3. The third-order valence-electron chi connectivity index (χ3n) is 3.38. The molecule has 0 bridgehead atoms. The summed E-state index contributed by atoms with van der Waals surface area (Å²) in [6.07, 6.45) is 2.74. The van der Waals surface area contributed by atoms with E-state index in [0.29, 0.717) is 28.5 Å². The zero-order valence-corrected chi connectivity index (χ0v) is 16.3. The van der Waals surface area contributed by atoms with Crippen LogP contribution < -0.4 is 9.46 Å². The molecule has 1 aromatic heterocycles. The fourth-order valence-corrected chi connectivity index (χ4v) is 3.09. The minimum atomic E-state index is -3.31. The first-order chi connectivity index (χ1) is 12.4. The summed E-state index contributed by atoms with van der Waals surface area (Å²) in [5.74, 6) is 0.930. The molecule has 2 aromatic carbocycles. The first-order valence-electron chi connectivity index (χ1n) is 7.68. The SMILES string of the molecule is CS(=O)(=O)Nc1ccc(-c2ncc(Br)c(OCc3ccccc3)n2)cc1. The number of anilines is 1. The molecule has 26 heavy (non-hydrogen) atoms. The third kappa shape index (κ3) is 5.03. The average molecular weight is 434 g/mol. The van der Waals surface area contributed by atoms with E-state index in [1.54, 1.807) is 30.5 Å². The number of rotatable bonds is 6. The van der Waals surface area contributed by atoms with Gasteiger partial charge in [-0.1, -0.05) is 30.3 Å². The smallest absolute Gasteiger partial charge is 0.231 e. The molecule has 0 amide bonds. The summed E-state index contributed by atoms with van der Waals surface area (Å²) in [7, 11) is -3.31. The Hall–Kier alpha value is -2.45. The molecule has 8 heteroatoms. The maximum absolute atomic E-state index is 11.3. The quantitative estimate of drug-likeness (QED) is 0.638. The van der Waals surface area contributed by atoms with Crippen LogP contribution in [-0.4, -0.2) is 24.6 Å². The molecule has 0 spiro atoms. The van der Waals surface area contributed by atoms with Crippen molar-refractivity contribution in [2.75, 3.05) is 11.0 Å². The van der Waals surface area contributed by atoms with Gasteiger partial charge in [-0.05, 0) is 45.8 Å². The Kier molecular flexibility index (Phi) is 5.53. The second kappa shape index (κ2) is 7.84. The van der Waals surface area contributed by atoms with Crippen LogP contribution in [0.5, 0.6) is 5.88 Å². The summed E-state index contributed by atoms with van der Waals surface area (Å²) in [5.41, 5.74) is 2.27. The van der Waals surface area contributed by atoms with E-state index in [0.717, 1.165) is 17.4 Å². The number of nitrogens with zero attached hydrogens (tertiary/aromatic N) is 2. The van der Waals surface area contributed by atoms with Crippen molar-refractivity contribution < 1.29 is 13.2 Å². The monoisotopic (exact) mass is 433 g/mol. The largest absolute Gasteiger partial charge is 0.472 e. The van der Waals surface area contributed by atoms with Crippen LogP contribution in [-0.2, 0) is 16.6 Å². The van der Waals surface area contributed by atoms with E-state index in [-0.39, 0.29) is 0 Å². The van der Waals surface area contributed by atoms with E-state index in [2.05, 4.69) is 30.6 Å². The van der Waals surface area contributed by atoms with Gasteiger partial charge in [0, 0.05) is 17.4 Å². The second-order valence-corrected chi connectivity index (χ2v) is 8.18. The van der Waals surface area contributed by atoms with Crippen LogP contribution in [0, 0.1) is 0 Å². The molecule has 0 saturated heterocycles. The normalized spacial score (nSPS) is 11.2. The van der Waals surface area contributed by atoms with Crippen LogP contribution in [0.4, 0.5) is 5.69 Å². The van der Waals surface area contributed by atoms with Gasteiger partial charge in [-0.25, -0.2) is 13.4 Å². The van der Waals surface area contributed by atoms with Gasteiger partial charge in [-0.15, -0.1) is 0 Å². The van der Waals surface area contributed by atoms with Crippen molar-refractivity contribution in [2.45, 2.75) is 6.61 Å². The Morgan fingerprint density at radius 3 is 2.42 bits per heavy atom. The van der Waals surface area contributed by atoms with E-state index < -0.39 is 10.0 Å². The molecule has 0 unspecified atom stereocenters. The molecule has 0 radical (unpaired) electrons. The van der Waals surface area contributed by atoms with Gasteiger partial charge in [-0.2, -0.15) is 4.98 Å². The zero-order chi connectivity index (χ0) is 18.6. The van der Waals surface area contributed by atoms with Gasteiger partial charge in [0.05, 0.1) is 10.7 Å². The van der Waals surface area contributed by atoms with Gasteiger partial charge in [0.25, 0.3) is 0 Å². The Morgan fingerprint density at radius 1 is 1.08 bits per heavy atom. The van der Waals surface area contributed by atoms with Crippen LogP contribution in [0.25, 0.3) is 11.4 Å². The van der Waals surface area contributed by atoms with Crippen molar-refractivity contribution >= 4 is 31.6 Å². The third-order valence-corrected chi connectivity index (χ3v) is 4.53. The minimum absolute atomic E-state index is 0.396. The van der Waals surface area contributed by atoms with Gasteiger partial charge in [0.15, 0.2) is 5.82 Å². The van der Waals surface area contributed by atoms with E-state index in [4.69, 9.17) is 4.74 Å². The van der Waals surface area contributed by atoms with Crippen LogP contribution in [0.2, 0.25) is 0 Å². The number of halogens is 1. The van der Waals surface area contributed by atoms with Gasteiger partial charge < -0.3 is 4.74 Å². The number of ether oxygens (including phenoxy) is 1. The maximum Gasteiger partial charge on any atom is 0.231 e. The van der Waals surface area contributed by atoms with Gasteiger partial charge >= 0.3 is 0 Å². The fourth-order valence-electron chi connectivity index (χ4n) is 2.22. The number of nitrogens with one attached hydrogen (secondary N) is 1. The van der Waals surface area contributed by atoms with Gasteiger partial charge in [0.1, 0.15) is 6.61 Å². The summed E-state index contributed by atoms with van der Waals surface area (Å²) in [6, 6.07) is 16.6. The van der Waals surface area contributed by atoms with Crippen LogP contribution in [0.1, 0.15) is 5.56 Å². The van der Waals surface area contributed by atoms with E-state index in [1.807, 2.05) is 30.3 Å². The molecule has 3 rings (SSSR count). The Balaban J connectivity index is 1.78. The molecule has 134 valence electrons. The molecule has 0 atom stereocenters. The van der Waals surface area contributed by atoms with Crippen LogP contribution >= 0.6 is 15.9 Å². The Labute approximate surface area is 160 Å². The lowest BCUT2D eigenvalue weighted by atomic mass is 10.2. The number of hydrogen-bond donors (Lipinski definition) is 1. The van der Waals surface area contributed by atoms with Gasteiger partial charge in [0.2, 0.25) is 15.9 Å². The summed E-state index contributed by atoms with van der Waals surface area (Å²) in [4.78, 5) is 8.73. The lowest BCUT2D eigenvalue weighted by Crippen LogP contribution is -2.09. The molecule has 0 saturated carbocycles. The van der Waals surface area contributed by atoms with Gasteiger partial charge in [-0.3, -0.25) is 4.72 Å². The van der Waals surface area contributed by atoms with Crippen LogP contribution in [0.3, 0.4) is 0 Å². The Morgan fingerprint density at radius 2 is 1.77 bits per heavy atom. The summed E-state index contributed by atoms with van der Waals surface area (Å²) in [5, 5.41) is 0. The molecule has 3 aromatic rings. The van der Waals surface area contributed by atoms with Crippen molar-refractivity contribution in [3.8, 4) is 17.3 Å². The number of aromatic nitrogens is 2. The topological polar surface area (TPSA) is 81.2 Å². The first-order valence-corrected chi connectivity index (χ1v) is 10.4. The van der Waals surface area contributed by atoms with E-state index >= 15 is 0 Å². The molecule has 6 nitrogen and oxygen atoms in total.